The van der Waals surface area contributed by atoms with Crippen molar-refractivity contribution in [3.05, 3.63) is 64.7 Å². The summed E-state index contributed by atoms with van der Waals surface area (Å²) in [5, 5.41) is 6.22. The average molecular weight is 443 g/mol. The van der Waals surface area contributed by atoms with Gasteiger partial charge in [0, 0.05) is 55.4 Å². The fraction of sp³-hybridized carbons (Fsp3) is 0.348. The van der Waals surface area contributed by atoms with Crippen LogP contribution >= 0.6 is 11.6 Å². The van der Waals surface area contributed by atoms with Crippen molar-refractivity contribution in [2.75, 3.05) is 44.6 Å². The standard InChI is InChI=1S/C23H27ClN4O3/c1-17-2-8-20(9-3-17)26-21(29)16-27-12-14-28(15-13-27)22(30)10-11-25-23(31)18-4-6-19(24)7-5-18/h2-9H,10-16H2,1H3,(H,25,31)(H,26,29). The number of halogens is 1. The molecule has 1 aliphatic rings. The first-order valence-electron chi connectivity index (χ1n) is 10.3. The number of nitrogens with one attached hydrogen (secondary N) is 2. The molecule has 3 amide bonds. The molecule has 0 unspecified atom stereocenters. The summed E-state index contributed by atoms with van der Waals surface area (Å²) in [5.74, 6) is -0.289. The van der Waals surface area contributed by atoms with Crippen LogP contribution < -0.4 is 10.6 Å². The molecular formula is C23H27ClN4O3. The molecule has 8 heteroatoms. The van der Waals surface area contributed by atoms with Crippen molar-refractivity contribution in [3.8, 4) is 0 Å². The van der Waals surface area contributed by atoms with Gasteiger partial charge in [-0.15, -0.1) is 0 Å². The number of anilines is 1. The highest BCUT2D eigenvalue weighted by Crippen LogP contribution is 2.10. The molecular weight excluding hydrogens is 416 g/mol. The molecule has 1 saturated heterocycles. The second-order valence-corrected chi connectivity index (χ2v) is 8.02. The topological polar surface area (TPSA) is 81.8 Å². The van der Waals surface area contributed by atoms with Crippen LogP contribution in [-0.2, 0) is 9.59 Å². The van der Waals surface area contributed by atoms with Gasteiger partial charge >= 0.3 is 0 Å². The maximum Gasteiger partial charge on any atom is 0.251 e. The number of hydrogen-bond donors (Lipinski definition) is 2. The van der Waals surface area contributed by atoms with E-state index in [9.17, 15) is 14.4 Å². The van der Waals surface area contributed by atoms with Gasteiger partial charge in [-0.25, -0.2) is 0 Å². The highest BCUT2D eigenvalue weighted by molar-refractivity contribution is 6.30. The lowest BCUT2D eigenvalue weighted by Gasteiger charge is -2.34. The molecule has 0 saturated carbocycles. The first-order valence-corrected chi connectivity index (χ1v) is 10.7. The molecule has 0 bridgehead atoms. The summed E-state index contributed by atoms with van der Waals surface area (Å²) < 4.78 is 0. The van der Waals surface area contributed by atoms with E-state index in [1.165, 1.54) is 0 Å². The first-order chi connectivity index (χ1) is 14.9. The zero-order chi connectivity index (χ0) is 22.2. The first kappa shape index (κ1) is 22.8. The molecule has 0 atom stereocenters. The quantitative estimate of drug-likeness (QED) is 0.690. The third-order valence-corrected chi connectivity index (χ3v) is 5.41. The number of amides is 3. The monoisotopic (exact) mass is 442 g/mol. The molecule has 3 rings (SSSR count). The van der Waals surface area contributed by atoms with E-state index >= 15 is 0 Å². The summed E-state index contributed by atoms with van der Waals surface area (Å²) in [4.78, 5) is 40.6. The van der Waals surface area contributed by atoms with Crippen LogP contribution in [0.2, 0.25) is 5.02 Å². The van der Waals surface area contributed by atoms with E-state index in [4.69, 9.17) is 11.6 Å². The fourth-order valence-corrected chi connectivity index (χ4v) is 3.47. The molecule has 1 heterocycles. The summed E-state index contributed by atoms with van der Waals surface area (Å²) in [6.45, 7) is 5.00. The van der Waals surface area contributed by atoms with Gasteiger partial charge in [0.1, 0.15) is 0 Å². The van der Waals surface area contributed by atoms with Crippen LogP contribution in [0.15, 0.2) is 48.5 Å². The zero-order valence-corrected chi connectivity index (χ0v) is 18.3. The predicted octanol–water partition coefficient (Wildman–Crippen LogP) is 2.55. The number of aryl methyl sites for hydroxylation is 1. The molecule has 0 radical (unpaired) electrons. The lowest BCUT2D eigenvalue weighted by Crippen LogP contribution is -2.50. The fourth-order valence-electron chi connectivity index (χ4n) is 3.34. The van der Waals surface area contributed by atoms with Crippen molar-refractivity contribution in [1.29, 1.82) is 0 Å². The van der Waals surface area contributed by atoms with Crippen LogP contribution in [0.5, 0.6) is 0 Å². The normalized spacial score (nSPS) is 14.2. The van der Waals surface area contributed by atoms with Gasteiger partial charge in [-0.05, 0) is 43.3 Å². The van der Waals surface area contributed by atoms with Gasteiger partial charge in [-0.1, -0.05) is 29.3 Å². The van der Waals surface area contributed by atoms with E-state index in [0.717, 1.165) is 11.3 Å². The van der Waals surface area contributed by atoms with E-state index < -0.39 is 0 Å². The number of nitrogens with zero attached hydrogens (tertiary/aromatic N) is 2. The molecule has 1 fully saturated rings. The van der Waals surface area contributed by atoms with Gasteiger partial charge < -0.3 is 15.5 Å². The summed E-state index contributed by atoms with van der Waals surface area (Å²) in [7, 11) is 0. The van der Waals surface area contributed by atoms with Crippen LogP contribution in [-0.4, -0.2) is 66.8 Å². The number of carbonyl (C=O) groups is 3. The molecule has 0 aliphatic carbocycles. The Morgan fingerprint density at radius 3 is 2.23 bits per heavy atom. The zero-order valence-electron chi connectivity index (χ0n) is 17.6. The Balaban J connectivity index is 1.34. The smallest absolute Gasteiger partial charge is 0.251 e. The van der Waals surface area contributed by atoms with Gasteiger partial charge in [0.25, 0.3) is 5.91 Å². The Morgan fingerprint density at radius 1 is 0.935 bits per heavy atom. The molecule has 31 heavy (non-hydrogen) atoms. The summed E-state index contributed by atoms with van der Waals surface area (Å²) in [6, 6.07) is 14.3. The summed E-state index contributed by atoms with van der Waals surface area (Å²) in [5.41, 5.74) is 2.43. The van der Waals surface area contributed by atoms with Crippen LogP contribution in [0.3, 0.4) is 0 Å². The second kappa shape index (κ2) is 10.9. The van der Waals surface area contributed by atoms with Gasteiger partial charge in [0.2, 0.25) is 11.8 Å². The highest BCUT2D eigenvalue weighted by atomic mass is 35.5. The van der Waals surface area contributed by atoms with E-state index in [-0.39, 0.29) is 30.7 Å². The van der Waals surface area contributed by atoms with Crippen LogP contribution in [0.4, 0.5) is 5.69 Å². The predicted molar refractivity (Wildman–Crippen MR) is 121 cm³/mol. The van der Waals surface area contributed by atoms with Crippen molar-refractivity contribution in [2.24, 2.45) is 0 Å². The second-order valence-electron chi connectivity index (χ2n) is 7.58. The molecule has 2 aromatic rings. The van der Waals surface area contributed by atoms with Crippen molar-refractivity contribution < 1.29 is 14.4 Å². The van der Waals surface area contributed by atoms with Crippen LogP contribution in [0.1, 0.15) is 22.3 Å². The Morgan fingerprint density at radius 2 is 1.58 bits per heavy atom. The minimum atomic E-state index is -0.228. The van der Waals surface area contributed by atoms with Crippen molar-refractivity contribution in [1.82, 2.24) is 15.1 Å². The lowest BCUT2D eigenvalue weighted by molar-refractivity contribution is -0.132. The number of hydrogen-bond acceptors (Lipinski definition) is 4. The molecule has 7 nitrogen and oxygen atoms in total. The molecule has 0 aromatic heterocycles. The Bertz CT molecular complexity index is 907. The van der Waals surface area contributed by atoms with E-state index in [1.807, 2.05) is 36.1 Å². The maximum absolute atomic E-state index is 12.4. The van der Waals surface area contributed by atoms with Crippen molar-refractivity contribution in [3.63, 3.8) is 0 Å². The minimum absolute atomic E-state index is 0.000151. The minimum Gasteiger partial charge on any atom is -0.352 e. The Kier molecular flexibility index (Phi) is 8.03. The highest BCUT2D eigenvalue weighted by Gasteiger charge is 2.22. The van der Waals surface area contributed by atoms with Gasteiger partial charge in [-0.3, -0.25) is 19.3 Å². The third kappa shape index (κ3) is 7.08. The van der Waals surface area contributed by atoms with Crippen molar-refractivity contribution in [2.45, 2.75) is 13.3 Å². The lowest BCUT2D eigenvalue weighted by atomic mass is 10.2. The van der Waals surface area contributed by atoms with Gasteiger partial charge in [-0.2, -0.15) is 0 Å². The molecule has 2 N–H and O–H groups in total. The van der Waals surface area contributed by atoms with Gasteiger partial charge in [0.15, 0.2) is 0 Å². The number of carbonyl (C=O) groups excluding carboxylic acids is 3. The summed E-state index contributed by atoms with van der Waals surface area (Å²) in [6.07, 6.45) is 0.243. The van der Waals surface area contributed by atoms with E-state index in [1.54, 1.807) is 29.2 Å². The third-order valence-electron chi connectivity index (χ3n) is 5.16. The van der Waals surface area contributed by atoms with Crippen LogP contribution in [0.25, 0.3) is 0 Å². The SMILES string of the molecule is Cc1ccc(NC(=O)CN2CCN(C(=O)CCNC(=O)c3ccc(Cl)cc3)CC2)cc1. The number of benzene rings is 2. The van der Waals surface area contributed by atoms with E-state index in [2.05, 4.69) is 10.6 Å². The van der Waals surface area contributed by atoms with Crippen molar-refractivity contribution >= 4 is 35.0 Å². The molecule has 1 aliphatic heterocycles. The largest absolute Gasteiger partial charge is 0.352 e. The van der Waals surface area contributed by atoms with E-state index in [0.29, 0.717) is 43.3 Å². The summed E-state index contributed by atoms with van der Waals surface area (Å²) >= 11 is 5.82. The Labute approximate surface area is 187 Å². The number of rotatable bonds is 7. The van der Waals surface area contributed by atoms with Gasteiger partial charge in [0.05, 0.1) is 6.54 Å². The molecule has 2 aromatic carbocycles. The molecule has 164 valence electrons. The average Bonchev–Trinajstić information content (AvgIpc) is 2.76. The maximum atomic E-state index is 12.4. The van der Waals surface area contributed by atoms with Crippen LogP contribution in [0, 0.1) is 6.92 Å². The number of piperazine rings is 1. The molecule has 0 spiro atoms. The Hall–Kier alpha value is -2.90.